The monoisotopic (exact) mass is 815 g/mol. The summed E-state index contributed by atoms with van der Waals surface area (Å²) in [4.78, 5) is 143. The van der Waals surface area contributed by atoms with Gasteiger partial charge in [0.1, 0.15) is 19.6 Å². The maximum atomic E-state index is 13.4. The number of hydrogen-bond acceptors (Lipinski definition) is 12. The van der Waals surface area contributed by atoms with E-state index in [1.54, 1.807) is 18.2 Å². The molecule has 1 saturated carbocycles. The first-order chi connectivity index (χ1) is 27.4. The molecule has 0 radical (unpaired) electrons. The predicted molar refractivity (Wildman–Crippen MR) is 197 cm³/mol. The maximum Gasteiger partial charge on any atom is 0.336 e. The Hall–Kier alpha value is -6.21. The van der Waals surface area contributed by atoms with Crippen molar-refractivity contribution in [2.45, 2.75) is 71.1 Å². The number of amides is 6. The van der Waals surface area contributed by atoms with Gasteiger partial charge in [0.15, 0.2) is 5.78 Å². The van der Waals surface area contributed by atoms with E-state index in [-0.39, 0.29) is 57.4 Å². The van der Waals surface area contributed by atoms with Gasteiger partial charge in [-0.2, -0.15) is 0 Å². The second-order valence-electron chi connectivity index (χ2n) is 14.4. The minimum Gasteiger partial charge on any atom is -0.481 e. The summed E-state index contributed by atoms with van der Waals surface area (Å²) in [6.07, 6.45) is 0.594. The second kappa shape index (κ2) is 21.9. The molecule has 316 valence electrons. The van der Waals surface area contributed by atoms with Gasteiger partial charge in [0.25, 0.3) is 17.7 Å². The molecule has 0 bridgehead atoms. The van der Waals surface area contributed by atoms with Gasteiger partial charge in [0.2, 0.25) is 17.7 Å². The van der Waals surface area contributed by atoms with Crippen molar-refractivity contribution in [1.29, 1.82) is 0 Å². The molecule has 6 amide bonds. The van der Waals surface area contributed by atoms with Crippen molar-refractivity contribution in [3.8, 4) is 0 Å². The molecule has 3 rings (SSSR count). The third-order valence-electron chi connectivity index (χ3n) is 9.77. The number of unbranched alkanes of at least 4 members (excludes halogenated alkanes) is 1. The molecule has 4 N–H and O–H groups in total. The molecule has 1 heterocycles. The zero-order valence-corrected chi connectivity index (χ0v) is 32.4. The number of carbonyl (C=O) groups is 11. The lowest BCUT2D eigenvalue weighted by atomic mass is 9.81. The molecule has 20 nitrogen and oxygen atoms in total. The highest BCUT2D eigenvalue weighted by Gasteiger charge is 2.38. The van der Waals surface area contributed by atoms with Crippen molar-refractivity contribution in [2.24, 2.45) is 17.8 Å². The number of benzene rings is 1. The van der Waals surface area contributed by atoms with E-state index in [9.17, 15) is 68.1 Å². The first-order valence-corrected chi connectivity index (χ1v) is 18.8. The lowest BCUT2D eigenvalue weighted by Crippen LogP contribution is -2.49. The van der Waals surface area contributed by atoms with Crippen LogP contribution in [0, 0.1) is 24.7 Å². The molecular weight excluding hydrogens is 766 g/mol. The van der Waals surface area contributed by atoms with E-state index in [0.29, 0.717) is 28.4 Å². The number of likely N-dealkylation sites (N-methyl/N-ethyl adjacent to an activating group) is 1. The van der Waals surface area contributed by atoms with Crippen molar-refractivity contribution >= 4 is 65.1 Å². The number of aliphatic carboxylic acids is 3. The van der Waals surface area contributed by atoms with Gasteiger partial charge >= 0.3 is 23.9 Å². The lowest BCUT2D eigenvalue weighted by molar-refractivity contribution is -0.201. The van der Waals surface area contributed by atoms with Gasteiger partial charge in [-0.1, -0.05) is 24.1 Å². The Balaban J connectivity index is 1.51. The van der Waals surface area contributed by atoms with Gasteiger partial charge in [-0.25, -0.2) is 4.79 Å². The van der Waals surface area contributed by atoms with Crippen molar-refractivity contribution < 1.29 is 72.9 Å². The van der Waals surface area contributed by atoms with Crippen LogP contribution in [0.3, 0.4) is 0 Å². The largest absolute Gasteiger partial charge is 0.481 e. The second-order valence-corrected chi connectivity index (χ2v) is 14.4. The highest BCUT2D eigenvalue weighted by molar-refractivity contribution is 6.01. The zero-order chi connectivity index (χ0) is 43.1. The summed E-state index contributed by atoms with van der Waals surface area (Å²) in [7, 11) is 1.15. The zero-order valence-electron chi connectivity index (χ0n) is 32.4. The quantitative estimate of drug-likeness (QED) is 0.0902. The highest BCUT2D eigenvalue weighted by atomic mass is 16.7. The van der Waals surface area contributed by atoms with Crippen LogP contribution in [-0.4, -0.2) is 147 Å². The summed E-state index contributed by atoms with van der Waals surface area (Å²) in [5.74, 6) is -12.6. The Morgan fingerprint density at radius 1 is 0.793 bits per heavy atom. The number of carboxylic acid groups (broad SMARTS) is 3. The van der Waals surface area contributed by atoms with E-state index in [2.05, 4.69) is 5.32 Å². The molecular formula is C38H49N5O15. The number of carbonyl (C=O) groups excluding carboxylic acids is 8. The number of Topliss-reactive ketones (excluding diaryl/α,β-unsaturated/α-hetero) is 1. The highest BCUT2D eigenvalue weighted by Crippen LogP contribution is 2.31. The molecule has 2 fully saturated rings. The number of ketones is 1. The number of imide groups is 1. The SMILES string of the molecule is Cc1cccc(C(=O)NCCCC[C@@H](CC(=O)CN(CC(=O)O)C(=O)CN(C)C(=O)CN(CC(=O)O)C(=O)C2CCC(C(=O)ON3C(=O)CCC3=O)CC2)C(=O)O)c1. The fraction of sp³-hybridized carbons (Fsp3) is 0.553. The first kappa shape index (κ1) is 46.2. The van der Waals surface area contributed by atoms with Crippen molar-refractivity contribution in [1.82, 2.24) is 25.1 Å². The number of hydroxylamine groups is 2. The summed E-state index contributed by atoms with van der Waals surface area (Å²) in [5, 5.41) is 31.7. The Morgan fingerprint density at radius 3 is 1.98 bits per heavy atom. The topological polar surface area (TPSA) is 283 Å². The molecule has 0 unspecified atom stereocenters. The van der Waals surface area contributed by atoms with Crippen LogP contribution < -0.4 is 5.32 Å². The molecule has 1 aromatic carbocycles. The van der Waals surface area contributed by atoms with Gasteiger partial charge in [0.05, 0.1) is 24.9 Å². The average Bonchev–Trinajstić information content (AvgIpc) is 3.47. The van der Waals surface area contributed by atoms with Gasteiger partial charge in [-0.3, -0.25) is 47.9 Å². The Labute approximate surface area is 333 Å². The van der Waals surface area contributed by atoms with Crippen molar-refractivity contribution in [3.05, 3.63) is 35.4 Å². The fourth-order valence-corrected chi connectivity index (χ4v) is 6.57. The van der Waals surface area contributed by atoms with Crippen LogP contribution in [-0.2, 0) is 52.8 Å². The normalized spacial score (nSPS) is 16.8. The molecule has 58 heavy (non-hydrogen) atoms. The molecule has 1 aromatic rings. The fourth-order valence-electron chi connectivity index (χ4n) is 6.57. The standard InChI is InChI=1S/C38H49N5O15/c1-23-6-5-8-26(16-23)35(53)39-15-4-3-7-27(37(55)56)17-28(44)18-41(21-33(49)50)32(48)19-40(2)31(47)20-42(22-34(51)52)36(54)24-9-11-25(12-10-24)38(57)58-43-29(45)13-14-30(43)46/h5-6,8,16,24-25,27H,3-4,7,9-15,17-22H2,1-2H3,(H,39,53)(H,49,50)(H,51,52)(H,55,56)/t24?,25?,27-/m0/s1. The molecule has 1 aliphatic heterocycles. The maximum absolute atomic E-state index is 13.4. The van der Waals surface area contributed by atoms with E-state index in [1.807, 2.05) is 13.0 Å². The molecule has 1 aliphatic carbocycles. The van der Waals surface area contributed by atoms with Crippen molar-refractivity contribution in [3.63, 3.8) is 0 Å². The van der Waals surface area contributed by atoms with Gasteiger partial charge < -0.3 is 40.2 Å². The number of rotatable bonds is 22. The Bertz CT molecular complexity index is 1760. The van der Waals surface area contributed by atoms with E-state index in [1.165, 1.54) is 0 Å². The van der Waals surface area contributed by atoms with E-state index >= 15 is 0 Å². The van der Waals surface area contributed by atoms with Crippen LogP contribution in [0.25, 0.3) is 0 Å². The smallest absolute Gasteiger partial charge is 0.336 e. The molecule has 1 saturated heterocycles. The number of nitrogens with zero attached hydrogens (tertiary/aromatic N) is 4. The third-order valence-corrected chi connectivity index (χ3v) is 9.77. The Kier molecular flexibility index (Phi) is 17.5. The summed E-state index contributed by atoms with van der Waals surface area (Å²) in [6, 6.07) is 6.98. The minimum absolute atomic E-state index is 0.0636. The molecule has 2 aliphatic rings. The van der Waals surface area contributed by atoms with Crippen LogP contribution in [0.4, 0.5) is 0 Å². The average molecular weight is 816 g/mol. The van der Waals surface area contributed by atoms with E-state index in [4.69, 9.17) is 4.84 Å². The van der Waals surface area contributed by atoms with Crippen LogP contribution in [0.5, 0.6) is 0 Å². The van der Waals surface area contributed by atoms with Crippen LogP contribution in [0.2, 0.25) is 0 Å². The predicted octanol–water partition coefficient (Wildman–Crippen LogP) is 0.254. The molecule has 0 spiro atoms. The number of nitrogens with one attached hydrogen (secondary N) is 1. The third kappa shape index (κ3) is 14.4. The minimum atomic E-state index is -1.49. The van der Waals surface area contributed by atoms with Crippen molar-refractivity contribution in [2.75, 3.05) is 46.3 Å². The number of carboxylic acids is 3. The van der Waals surface area contributed by atoms with Crippen LogP contribution in [0.15, 0.2) is 24.3 Å². The summed E-state index contributed by atoms with van der Waals surface area (Å²) >= 11 is 0. The van der Waals surface area contributed by atoms with Gasteiger partial charge in [0, 0.05) is 44.3 Å². The number of aryl methyl sites for hydroxylation is 1. The summed E-state index contributed by atoms with van der Waals surface area (Å²) in [6.45, 7) is -2.02. The van der Waals surface area contributed by atoms with E-state index < -0.39 is 116 Å². The van der Waals surface area contributed by atoms with Gasteiger partial charge in [-0.15, -0.1) is 5.06 Å². The summed E-state index contributed by atoms with van der Waals surface area (Å²) in [5.41, 5.74) is 1.39. The van der Waals surface area contributed by atoms with Crippen LogP contribution in [0.1, 0.15) is 80.1 Å². The van der Waals surface area contributed by atoms with Gasteiger partial charge in [-0.05, 0) is 57.6 Å². The molecule has 0 aromatic heterocycles. The Morgan fingerprint density at radius 2 is 1.40 bits per heavy atom. The van der Waals surface area contributed by atoms with E-state index in [0.717, 1.165) is 22.4 Å². The lowest BCUT2D eigenvalue weighted by Gasteiger charge is -2.31. The summed E-state index contributed by atoms with van der Waals surface area (Å²) < 4.78 is 0. The first-order valence-electron chi connectivity index (χ1n) is 18.8. The molecule has 20 heteroatoms. The number of hydrogen-bond donors (Lipinski definition) is 4. The molecule has 1 atom stereocenters. The van der Waals surface area contributed by atoms with Crippen LogP contribution >= 0.6 is 0 Å².